The first-order valence-electron chi connectivity index (χ1n) is 11.0. The summed E-state index contributed by atoms with van der Waals surface area (Å²) >= 11 is 11.5. The average molecular weight is 520 g/mol. The van der Waals surface area contributed by atoms with Gasteiger partial charge in [-0.25, -0.2) is 0 Å². The van der Waals surface area contributed by atoms with E-state index >= 15 is 0 Å². The molecule has 0 saturated carbocycles. The summed E-state index contributed by atoms with van der Waals surface area (Å²) in [7, 11) is 0. The quantitative estimate of drug-likeness (QED) is 0.277. The Balaban J connectivity index is 1.46. The number of para-hydroxylation sites is 1. The van der Waals surface area contributed by atoms with Crippen LogP contribution in [0.5, 0.6) is 5.75 Å². The third-order valence-corrected chi connectivity index (χ3v) is 6.11. The van der Waals surface area contributed by atoms with Crippen LogP contribution >= 0.6 is 23.8 Å². The largest absolute Gasteiger partial charge is 0.482 e. The van der Waals surface area contributed by atoms with Crippen molar-refractivity contribution in [2.75, 3.05) is 16.8 Å². The molecule has 9 heteroatoms. The minimum absolute atomic E-state index is 0.00852. The van der Waals surface area contributed by atoms with Gasteiger partial charge >= 0.3 is 0 Å². The summed E-state index contributed by atoms with van der Waals surface area (Å²) in [5, 5.41) is 5.56. The lowest BCUT2D eigenvalue weighted by Crippen LogP contribution is -2.54. The Labute approximate surface area is 218 Å². The summed E-state index contributed by atoms with van der Waals surface area (Å²) in [5.74, 6) is -1.19. The lowest BCUT2D eigenvalue weighted by atomic mass is 10.1. The second kappa shape index (κ2) is 10.7. The van der Waals surface area contributed by atoms with Gasteiger partial charge in [-0.3, -0.25) is 24.6 Å². The molecule has 1 aliphatic rings. The smallest absolute Gasteiger partial charge is 0.270 e. The van der Waals surface area contributed by atoms with E-state index in [0.717, 1.165) is 11.1 Å². The molecule has 1 aliphatic heterocycles. The molecule has 0 atom stereocenters. The van der Waals surface area contributed by atoms with E-state index in [1.165, 1.54) is 11.0 Å². The molecular weight excluding hydrogens is 498 g/mol. The van der Waals surface area contributed by atoms with Crippen molar-refractivity contribution in [3.05, 3.63) is 94.0 Å². The van der Waals surface area contributed by atoms with E-state index in [9.17, 15) is 14.4 Å². The van der Waals surface area contributed by atoms with Gasteiger partial charge < -0.3 is 10.1 Å². The highest BCUT2D eigenvalue weighted by molar-refractivity contribution is 7.80. The molecule has 3 amide bonds. The summed E-state index contributed by atoms with van der Waals surface area (Å²) in [6, 6.07) is 19.2. The molecule has 0 aromatic heterocycles. The van der Waals surface area contributed by atoms with Gasteiger partial charge in [0.05, 0.1) is 10.7 Å². The van der Waals surface area contributed by atoms with Gasteiger partial charge in [-0.15, -0.1) is 0 Å². The van der Waals surface area contributed by atoms with E-state index in [1.807, 2.05) is 38.1 Å². The number of hydrogen-bond donors (Lipinski definition) is 2. The van der Waals surface area contributed by atoms with Crippen molar-refractivity contribution < 1.29 is 19.1 Å². The maximum Gasteiger partial charge on any atom is 0.270 e. The van der Waals surface area contributed by atoms with Crippen LogP contribution in [0.2, 0.25) is 5.02 Å². The summed E-state index contributed by atoms with van der Waals surface area (Å²) in [5.41, 5.74) is 3.84. The standard InChI is InChI=1S/C27H22ClN3O4S/c1-16-8-10-19(12-17(16)2)29-24(32)15-35-23-11-9-18(14-22(23)28)13-21-25(33)30-27(36)31(26(21)34)20-6-4-3-5-7-20/h3-14H,15H2,1-2H3,(H,29,32)(H,30,33,36)/b21-13-. The number of rotatable bonds is 6. The zero-order chi connectivity index (χ0) is 25.8. The Morgan fingerprint density at radius 3 is 2.50 bits per heavy atom. The molecule has 1 heterocycles. The molecule has 3 aromatic carbocycles. The number of halogens is 1. The van der Waals surface area contributed by atoms with E-state index in [4.69, 9.17) is 28.6 Å². The molecule has 0 bridgehead atoms. The first-order chi connectivity index (χ1) is 17.2. The summed E-state index contributed by atoms with van der Waals surface area (Å²) in [4.78, 5) is 39.1. The SMILES string of the molecule is Cc1ccc(NC(=O)COc2ccc(/C=C3/C(=O)NC(=S)N(c4ccccc4)C3=O)cc2Cl)cc1C. The van der Waals surface area contributed by atoms with Crippen molar-refractivity contribution in [2.24, 2.45) is 0 Å². The van der Waals surface area contributed by atoms with E-state index in [-0.39, 0.29) is 28.2 Å². The number of ether oxygens (including phenoxy) is 1. The van der Waals surface area contributed by atoms with Gasteiger partial charge in [0.1, 0.15) is 11.3 Å². The van der Waals surface area contributed by atoms with Crippen molar-refractivity contribution in [1.82, 2.24) is 5.32 Å². The fourth-order valence-electron chi connectivity index (χ4n) is 3.52. The number of aryl methyl sites for hydroxylation is 2. The van der Waals surface area contributed by atoms with Gasteiger partial charge in [-0.1, -0.05) is 41.9 Å². The van der Waals surface area contributed by atoms with Crippen molar-refractivity contribution >= 4 is 64.1 Å². The monoisotopic (exact) mass is 519 g/mol. The van der Waals surface area contributed by atoms with Gasteiger partial charge in [-0.05, 0) is 85.2 Å². The molecule has 0 spiro atoms. The number of carbonyl (C=O) groups is 3. The first-order valence-corrected chi connectivity index (χ1v) is 11.8. The molecule has 0 aliphatic carbocycles. The van der Waals surface area contributed by atoms with Gasteiger partial charge in [0.15, 0.2) is 11.7 Å². The van der Waals surface area contributed by atoms with Crippen molar-refractivity contribution in [2.45, 2.75) is 13.8 Å². The number of anilines is 2. The molecule has 4 rings (SSSR count). The first kappa shape index (κ1) is 25.1. The number of carbonyl (C=O) groups excluding carboxylic acids is 3. The molecule has 0 radical (unpaired) electrons. The topological polar surface area (TPSA) is 87.7 Å². The Morgan fingerprint density at radius 2 is 1.81 bits per heavy atom. The third kappa shape index (κ3) is 5.62. The molecule has 182 valence electrons. The lowest BCUT2D eigenvalue weighted by Gasteiger charge is -2.28. The zero-order valence-electron chi connectivity index (χ0n) is 19.5. The number of thiocarbonyl (C=S) groups is 1. The van der Waals surface area contributed by atoms with Crippen LogP contribution in [0.1, 0.15) is 16.7 Å². The number of nitrogens with zero attached hydrogens (tertiary/aromatic N) is 1. The van der Waals surface area contributed by atoms with Crippen LogP contribution in [-0.4, -0.2) is 29.4 Å². The Morgan fingerprint density at radius 1 is 1.06 bits per heavy atom. The predicted octanol–water partition coefficient (Wildman–Crippen LogP) is 4.81. The van der Waals surface area contributed by atoms with E-state index in [0.29, 0.717) is 22.7 Å². The van der Waals surface area contributed by atoms with Crippen LogP contribution in [0.4, 0.5) is 11.4 Å². The molecule has 3 aromatic rings. The Kier molecular flexibility index (Phi) is 7.47. The highest BCUT2D eigenvalue weighted by Gasteiger charge is 2.34. The summed E-state index contributed by atoms with van der Waals surface area (Å²) < 4.78 is 5.56. The van der Waals surface area contributed by atoms with Crippen LogP contribution in [0.25, 0.3) is 6.08 Å². The maximum absolute atomic E-state index is 13.1. The maximum atomic E-state index is 13.1. The molecule has 7 nitrogen and oxygen atoms in total. The highest BCUT2D eigenvalue weighted by atomic mass is 35.5. The second-order valence-corrected chi connectivity index (χ2v) is 8.91. The van der Waals surface area contributed by atoms with Gasteiger partial charge in [0, 0.05) is 5.69 Å². The van der Waals surface area contributed by atoms with E-state index in [2.05, 4.69) is 10.6 Å². The normalized spacial score (nSPS) is 14.6. The molecule has 0 unspecified atom stereocenters. The molecule has 2 N–H and O–H groups in total. The van der Waals surface area contributed by atoms with E-state index in [1.54, 1.807) is 42.5 Å². The molecule has 1 saturated heterocycles. The Bertz CT molecular complexity index is 1410. The van der Waals surface area contributed by atoms with Crippen LogP contribution < -0.4 is 20.3 Å². The van der Waals surface area contributed by atoms with Crippen LogP contribution in [-0.2, 0) is 14.4 Å². The lowest BCUT2D eigenvalue weighted by molar-refractivity contribution is -0.122. The Hall–Kier alpha value is -4.01. The van der Waals surface area contributed by atoms with Gasteiger partial charge in [-0.2, -0.15) is 0 Å². The van der Waals surface area contributed by atoms with Crippen molar-refractivity contribution in [3.63, 3.8) is 0 Å². The second-order valence-electron chi connectivity index (χ2n) is 8.12. The van der Waals surface area contributed by atoms with Gasteiger partial charge in [0.2, 0.25) is 0 Å². The molecule has 1 fully saturated rings. The minimum atomic E-state index is -0.600. The van der Waals surface area contributed by atoms with Crippen LogP contribution in [0.3, 0.4) is 0 Å². The number of amides is 3. The minimum Gasteiger partial charge on any atom is -0.482 e. The number of benzene rings is 3. The highest BCUT2D eigenvalue weighted by Crippen LogP contribution is 2.28. The average Bonchev–Trinajstić information content (AvgIpc) is 2.84. The third-order valence-electron chi connectivity index (χ3n) is 5.53. The zero-order valence-corrected chi connectivity index (χ0v) is 21.1. The molecular formula is C27H22ClN3O4S. The summed E-state index contributed by atoms with van der Waals surface area (Å²) in [6.07, 6.45) is 1.43. The van der Waals surface area contributed by atoms with Crippen LogP contribution in [0.15, 0.2) is 72.3 Å². The fourth-order valence-corrected chi connectivity index (χ4v) is 4.04. The number of nitrogens with one attached hydrogen (secondary N) is 2. The molecule has 36 heavy (non-hydrogen) atoms. The van der Waals surface area contributed by atoms with E-state index < -0.39 is 11.8 Å². The van der Waals surface area contributed by atoms with Gasteiger partial charge in [0.25, 0.3) is 17.7 Å². The summed E-state index contributed by atoms with van der Waals surface area (Å²) in [6.45, 7) is 3.73. The van der Waals surface area contributed by atoms with Crippen LogP contribution in [0, 0.1) is 13.8 Å². The fraction of sp³-hybridized carbons (Fsp3) is 0.111. The van der Waals surface area contributed by atoms with Crippen molar-refractivity contribution in [3.8, 4) is 5.75 Å². The van der Waals surface area contributed by atoms with Crippen molar-refractivity contribution in [1.29, 1.82) is 0 Å². The predicted molar refractivity (Wildman–Crippen MR) is 144 cm³/mol. The number of hydrogen-bond acceptors (Lipinski definition) is 5.